The fourth-order valence-corrected chi connectivity index (χ4v) is 1.58. The van der Waals surface area contributed by atoms with Crippen molar-refractivity contribution in [2.24, 2.45) is 0 Å². The molecule has 1 N–H and O–H groups in total. The van der Waals surface area contributed by atoms with E-state index in [2.05, 4.69) is 0 Å². The molecule has 3 nitrogen and oxygen atoms in total. The van der Waals surface area contributed by atoms with Crippen molar-refractivity contribution in [3.63, 3.8) is 0 Å². The number of carboxylic acid groups (broad SMARTS) is 1. The number of carbonyl (C=O) groups is 1. The topological polar surface area (TPSA) is 46.5 Å². The van der Waals surface area contributed by atoms with Crippen LogP contribution in [0.3, 0.4) is 0 Å². The predicted molar refractivity (Wildman–Crippen MR) is 54.1 cm³/mol. The summed E-state index contributed by atoms with van der Waals surface area (Å²) in [6.07, 6.45) is -0.123. The highest BCUT2D eigenvalue weighted by atomic mass is 35.5. The molecular weight excluding hydrogens is 204 g/mol. The summed E-state index contributed by atoms with van der Waals surface area (Å²) in [6.45, 7) is 1.87. The highest BCUT2D eigenvalue weighted by molar-refractivity contribution is 6.31. The van der Waals surface area contributed by atoms with Gasteiger partial charge in [-0.3, -0.25) is 4.79 Å². The van der Waals surface area contributed by atoms with Crippen LogP contribution in [0.15, 0.2) is 12.1 Å². The molecule has 1 aromatic rings. The zero-order chi connectivity index (χ0) is 10.7. The average molecular weight is 215 g/mol. The van der Waals surface area contributed by atoms with Crippen molar-refractivity contribution >= 4 is 17.6 Å². The Labute approximate surface area is 87.3 Å². The lowest BCUT2D eigenvalue weighted by Gasteiger charge is -2.09. The first kappa shape index (κ1) is 10.9. The summed E-state index contributed by atoms with van der Waals surface area (Å²) in [6, 6.07) is 3.49. The first-order valence-electron chi connectivity index (χ1n) is 4.09. The number of hydrogen-bond donors (Lipinski definition) is 1. The van der Waals surface area contributed by atoms with Crippen molar-refractivity contribution in [3.05, 3.63) is 28.3 Å². The van der Waals surface area contributed by atoms with E-state index in [1.807, 2.05) is 6.92 Å². The molecule has 0 radical (unpaired) electrons. The minimum atomic E-state index is -0.922. The van der Waals surface area contributed by atoms with Gasteiger partial charge in [-0.1, -0.05) is 11.6 Å². The third-order valence-electron chi connectivity index (χ3n) is 1.85. The normalized spacial score (nSPS) is 9.93. The summed E-state index contributed by atoms with van der Waals surface area (Å²) in [7, 11) is 1.50. The third kappa shape index (κ3) is 2.39. The number of aliphatic carboxylic acids is 1. The van der Waals surface area contributed by atoms with Crippen LogP contribution in [0.1, 0.15) is 11.1 Å². The first-order valence-corrected chi connectivity index (χ1v) is 4.47. The summed E-state index contributed by atoms with van der Waals surface area (Å²) >= 11 is 5.91. The van der Waals surface area contributed by atoms with Crippen LogP contribution in [0.25, 0.3) is 0 Å². The molecule has 0 saturated heterocycles. The van der Waals surface area contributed by atoms with Gasteiger partial charge in [-0.2, -0.15) is 0 Å². The molecule has 0 fully saturated rings. The summed E-state index contributed by atoms with van der Waals surface area (Å²) in [4.78, 5) is 10.6. The molecule has 0 aliphatic rings. The van der Waals surface area contributed by atoms with Crippen LogP contribution < -0.4 is 4.74 Å². The second-order valence-corrected chi connectivity index (χ2v) is 3.41. The molecule has 0 spiro atoms. The van der Waals surface area contributed by atoms with Crippen LogP contribution in [0.5, 0.6) is 5.75 Å². The van der Waals surface area contributed by atoms with Crippen molar-refractivity contribution < 1.29 is 14.6 Å². The van der Waals surface area contributed by atoms with Gasteiger partial charge in [-0.15, -0.1) is 0 Å². The van der Waals surface area contributed by atoms with E-state index in [4.69, 9.17) is 21.4 Å². The Balaban J connectivity index is 3.18. The van der Waals surface area contributed by atoms with Crippen molar-refractivity contribution in [2.75, 3.05) is 7.11 Å². The molecule has 76 valence electrons. The number of methoxy groups -OCH3 is 1. The highest BCUT2D eigenvalue weighted by Gasteiger charge is 2.12. The van der Waals surface area contributed by atoms with Crippen LogP contribution in [0.2, 0.25) is 5.02 Å². The summed E-state index contributed by atoms with van der Waals surface area (Å²) < 4.78 is 5.06. The molecule has 0 unspecified atom stereocenters. The Kier molecular flexibility index (Phi) is 3.36. The summed E-state index contributed by atoms with van der Waals surface area (Å²) in [5.74, 6) is -0.397. The van der Waals surface area contributed by atoms with E-state index in [0.717, 1.165) is 5.56 Å². The van der Waals surface area contributed by atoms with E-state index in [0.29, 0.717) is 16.3 Å². The van der Waals surface area contributed by atoms with Crippen molar-refractivity contribution in [1.29, 1.82) is 0 Å². The van der Waals surface area contributed by atoms with E-state index in [1.165, 1.54) is 7.11 Å². The Morgan fingerprint density at radius 3 is 2.71 bits per heavy atom. The molecule has 4 heteroatoms. The maximum atomic E-state index is 10.6. The molecule has 0 aliphatic carbocycles. The fourth-order valence-electron chi connectivity index (χ4n) is 1.25. The zero-order valence-corrected chi connectivity index (χ0v) is 8.76. The minimum Gasteiger partial charge on any atom is -0.496 e. The van der Waals surface area contributed by atoms with Crippen LogP contribution in [-0.4, -0.2) is 18.2 Å². The molecule has 0 aliphatic heterocycles. The summed E-state index contributed by atoms with van der Waals surface area (Å²) in [5, 5.41) is 9.10. The zero-order valence-electron chi connectivity index (χ0n) is 8.00. The Morgan fingerprint density at radius 2 is 2.21 bits per heavy atom. The lowest BCUT2D eigenvalue weighted by molar-refractivity contribution is -0.136. The monoisotopic (exact) mass is 214 g/mol. The molecule has 1 aromatic carbocycles. The van der Waals surface area contributed by atoms with Gasteiger partial charge in [0.2, 0.25) is 0 Å². The number of carboxylic acids is 1. The van der Waals surface area contributed by atoms with Gasteiger partial charge in [-0.05, 0) is 24.6 Å². The van der Waals surface area contributed by atoms with Gasteiger partial charge in [0.25, 0.3) is 0 Å². The maximum Gasteiger partial charge on any atom is 0.308 e. The predicted octanol–water partition coefficient (Wildman–Crippen LogP) is 2.28. The van der Waals surface area contributed by atoms with Gasteiger partial charge in [0.05, 0.1) is 13.5 Å². The SMILES string of the molecule is COc1cc(C)cc(Cl)c1CC(=O)O. The van der Waals surface area contributed by atoms with Crippen molar-refractivity contribution in [1.82, 2.24) is 0 Å². The molecule has 0 heterocycles. The number of hydrogen-bond acceptors (Lipinski definition) is 2. The lowest BCUT2D eigenvalue weighted by Crippen LogP contribution is -2.03. The Hall–Kier alpha value is -1.22. The molecule has 0 amide bonds. The molecular formula is C10H11ClO3. The Morgan fingerprint density at radius 1 is 1.57 bits per heavy atom. The van der Waals surface area contributed by atoms with Crippen molar-refractivity contribution in [2.45, 2.75) is 13.3 Å². The van der Waals surface area contributed by atoms with Crippen LogP contribution in [-0.2, 0) is 11.2 Å². The van der Waals surface area contributed by atoms with E-state index in [9.17, 15) is 4.79 Å². The summed E-state index contributed by atoms with van der Waals surface area (Å²) in [5.41, 5.74) is 1.47. The molecule has 14 heavy (non-hydrogen) atoms. The van der Waals surface area contributed by atoms with Crippen LogP contribution in [0.4, 0.5) is 0 Å². The number of benzene rings is 1. The van der Waals surface area contributed by atoms with Crippen LogP contribution in [0, 0.1) is 6.92 Å². The molecule has 0 bridgehead atoms. The van der Waals surface area contributed by atoms with Crippen LogP contribution >= 0.6 is 11.6 Å². The van der Waals surface area contributed by atoms with E-state index in [-0.39, 0.29) is 6.42 Å². The molecule has 0 atom stereocenters. The number of ether oxygens (including phenoxy) is 1. The lowest BCUT2D eigenvalue weighted by atomic mass is 10.1. The smallest absolute Gasteiger partial charge is 0.308 e. The van der Waals surface area contributed by atoms with Gasteiger partial charge in [0.1, 0.15) is 5.75 Å². The van der Waals surface area contributed by atoms with Crippen molar-refractivity contribution in [3.8, 4) is 5.75 Å². The molecule has 0 saturated carbocycles. The van der Waals surface area contributed by atoms with Gasteiger partial charge in [0.15, 0.2) is 0 Å². The quantitative estimate of drug-likeness (QED) is 0.840. The van der Waals surface area contributed by atoms with Gasteiger partial charge >= 0.3 is 5.97 Å². The Bertz CT molecular complexity index is 361. The fraction of sp³-hybridized carbons (Fsp3) is 0.300. The van der Waals surface area contributed by atoms with Gasteiger partial charge < -0.3 is 9.84 Å². The molecule has 0 aromatic heterocycles. The van der Waals surface area contributed by atoms with E-state index >= 15 is 0 Å². The van der Waals surface area contributed by atoms with E-state index in [1.54, 1.807) is 12.1 Å². The number of aryl methyl sites for hydroxylation is 1. The molecule has 1 rings (SSSR count). The highest BCUT2D eigenvalue weighted by Crippen LogP contribution is 2.28. The average Bonchev–Trinajstić information content (AvgIpc) is 2.08. The number of rotatable bonds is 3. The standard InChI is InChI=1S/C10H11ClO3/c1-6-3-8(11)7(5-10(12)13)9(4-6)14-2/h3-4H,5H2,1-2H3,(H,12,13). The van der Waals surface area contributed by atoms with Gasteiger partial charge in [-0.25, -0.2) is 0 Å². The second kappa shape index (κ2) is 4.33. The largest absolute Gasteiger partial charge is 0.496 e. The number of halogens is 1. The first-order chi connectivity index (χ1) is 6.54. The second-order valence-electron chi connectivity index (χ2n) is 3.00. The van der Waals surface area contributed by atoms with E-state index < -0.39 is 5.97 Å². The third-order valence-corrected chi connectivity index (χ3v) is 2.18. The van der Waals surface area contributed by atoms with Gasteiger partial charge in [0, 0.05) is 10.6 Å². The maximum absolute atomic E-state index is 10.6. The minimum absolute atomic E-state index is 0.123.